The van der Waals surface area contributed by atoms with E-state index in [2.05, 4.69) is 11.1 Å². The zero-order valence-corrected chi connectivity index (χ0v) is 6.13. The van der Waals surface area contributed by atoms with Crippen LogP contribution in [0.1, 0.15) is 13.8 Å². The fourth-order valence-electron chi connectivity index (χ4n) is 0.898. The van der Waals surface area contributed by atoms with Gasteiger partial charge in [0.25, 0.3) is 0 Å². The highest BCUT2D eigenvalue weighted by molar-refractivity contribution is 5.94. The summed E-state index contributed by atoms with van der Waals surface area (Å²) < 4.78 is 0. The molecule has 0 aromatic heterocycles. The lowest BCUT2D eigenvalue weighted by molar-refractivity contribution is 0.822. The molecule has 1 rings (SSSR count). The SMILES string of the molecule is CC1=NC(C)[C](C#N)C=C1. The number of hydrogen-bond acceptors (Lipinski definition) is 2. The quantitative estimate of drug-likeness (QED) is 0.493. The Morgan fingerprint density at radius 3 is 2.80 bits per heavy atom. The van der Waals surface area contributed by atoms with Gasteiger partial charge in [-0.25, -0.2) is 0 Å². The summed E-state index contributed by atoms with van der Waals surface area (Å²) in [4.78, 5) is 4.21. The van der Waals surface area contributed by atoms with Gasteiger partial charge in [-0.15, -0.1) is 0 Å². The molecule has 1 radical (unpaired) electrons. The minimum Gasteiger partial charge on any atom is -0.285 e. The molecule has 1 aliphatic heterocycles. The second-order valence-electron chi connectivity index (χ2n) is 2.35. The first-order valence-corrected chi connectivity index (χ1v) is 3.23. The maximum absolute atomic E-state index is 8.54. The smallest absolute Gasteiger partial charge is 0.122 e. The Balaban J connectivity index is 2.76. The molecule has 0 N–H and O–H groups in total. The first kappa shape index (κ1) is 7.01. The first-order valence-electron chi connectivity index (χ1n) is 3.23. The lowest BCUT2D eigenvalue weighted by atomic mass is 10.00. The number of dihydropyridines is 1. The van der Waals surface area contributed by atoms with Crippen LogP contribution in [0.15, 0.2) is 17.1 Å². The summed E-state index contributed by atoms with van der Waals surface area (Å²) in [5, 5.41) is 8.54. The maximum Gasteiger partial charge on any atom is 0.122 e. The number of rotatable bonds is 0. The van der Waals surface area contributed by atoms with Gasteiger partial charge in [-0.2, -0.15) is 5.26 Å². The molecule has 0 aliphatic carbocycles. The van der Waals surface area contributed by atoms with E-state index in [-0.39, 0.29) is 6.04 Å². The Kier molecular flexibility index (Phi) is 1.86. The van der Waals surface area contributed by atoms with Gasteiger partial charge in [-0.3, -0.25) is 4.99 Å². The van der Waals surface area contributed by atoms with Crippen LogP contribution < -0.4 is 0 Å². The molecular formula is C8H9N2. The van der Waals surface area contributed by atoms with Crippen LogP contribution >= 0.6 is 0 Å². The van der Waals surface area contributed by atoms with Gasteiger partial charge < -0.3 is 0 Å². The summed E-state index contributed by atoms with van der Waals surface area (Å²) in [6.07, 6.45) is 3.69. The van der Waals surface area contributed by atoms with Crippen LogP contribution in [0.2, 0.25) is 0 Å². The standard InChI is InChI=1S/C8H9N2/c1-6-3-4-8(5-9)7(2)10-6/h3-4,7H,1-2H3. The molecule has 2 nitrogen and oxygen atoms in total. The van der Waals surface area contributed by atoms with Crippen LogP contribution in [0.5, 0.6) is 0 Å². The summed E-state index contributed by atoms with van der Waals surface area (Å²) >= 11 is 0. The van der Waals surface area contributed by atoms with Crippen LogP contribution in [-0.4, -0.2) is 11.8 Å². The third-order valence-electron chi connectivity index (χ3n) is 1.48. The highest BCUT2D eigenvalue weighted by atomic mass is 14.8. The van der Waals surface area contributed by atoms with Crippen LogP contribution in [0.25, 0.3) is 0 Å². The van der Waals surface area contributed by atoms with Gasteiger partial charge in [0, 0.05) is 5.71 Å². The lowest BCUT2D eigenvalue weighted by Gasteiger charge is -2.12. The van der Waals surface area contributed by atoms with Gasteiger partial charge in [0.15, 0.2) is 0 Å². The largest absolute Gasteiger partial charge is 0.285 e. The predicted octanol–water partition coefficient (Wildman–Crippen LogP) is 1.50. The zero-order valence-electron chi connectivity index (χ0n) is 6.13. The molecule has 2 heteroatoms. The van der Waals surface area contributed by atoms with Crippen molar-refractivity contribution in [2.75, 3.05) is 0 Å². The lowest BCUT2D eigenvalue weighted by Crippen LogP contribution is -2.14. The van der Waals surface area contributed by atoms with Crippen molar-refractivity contribution in [1.82, 2.24) is 0 Å². The molecule has 1 heterocycles. The van der Waals surface area contributed by atoms with E-state index in [4.69, 9.17) is 5.26 Å². The summed E-state index contributed by atoms with van der Waals surface area (Å²) in [5.74, 6) is 0.741. The highest BCUT2D eigenvalue weighted by Crippen LogP contribution is 2.15. The van der Waals surface area contributed by atoms with Gasteiger partial charge in [-0.1, -0.05) is 6.08 Å². The molecule has 0 aromatic carbocycles. The van der Waals surface area contributed by atoms with E-state index < -0.39 is 0 Å². The molecule has 0 saturated carbocycles. The molecule has 0 saturated heterocycles. The number of hydrogen-bond donors (Lipinski definition) is 0. The number of aliphatic imine (C=N–C) groups is 1. The molecule has 0 fully saturated rings. The van der Waals surface area contributed by atoms with Crippen LogP contribution in [-0.2, 0) is 0 Å². The molecule has 51 valence electrons. The third kappa shape index (κ3) is 1.24. The van der Waals surface area contributed by atoms with Crippen molar-refractivity contribution in [3.8, 4) is 6.07 Å². The molecule has 1 aliphatic rings. The molecule has 1 unspecified atom stereocenters. The van der Waals surface area contributed by atoms with Crippen molar-refractivity contribution in [3.05, 3.63) is 18.1 Å². The molecule has 0 spiro atoms. The van der Waals surface area contributed by atoms with Crippen molar-refractivity contribution in [1.29, 1.82) is 5.26 Å². The van der Waals surface area contributed by atoms with E-state index in [9.17, 15) is 0 Å². The molecule has 0 amide bonds. The maximum atomic E-state index is 8.54. The highest BCUT2D eigenvalue weighted by Gasteiger charge is 2.16. The van der Waals surface area contributed by atoms with Crippen molar-refractivity contribution in [2.45, 2.75) is 19.9 Å². The van der Waals surface area contributed by atoms with Gasteiger partial charge in [0.1, 0.15) is 5.92 Å². The Morgan fingerprint density at radius 2 is 2.30 bits per heavy atom. The molecule has 10 heavy (non-hydrogen) atoms. The Morgan fingerprint density at radius 1 is 1.60 bits per heavy atom. The first-order chi connectivity index (χ1) is 4.74. The van der Waals surface area contributed by atoms with Crippen molar-refractivity contribution in [2.24, 2.45) is 4.99 Å². The van der Waals surface area contributed by atoms with Gasteiger partial charge in [-0.05, 0) is 19.9 Å². The Bertz CT molecular complexity index is 220. The van der Waals surface area contributed by atoms with E-state index in [1.165, 1.54) is 0 Å². The van der Waals surface area contributed by atoms with Crippen LogP contribution in [0.4, 0.5) is 0 Å². The van der Waals surface area contributed by atoms with Crippen molar-refractivity contribution < 1.29 is 0 Å². The zero-order chi connectivity index (χ0) is 7.56. The van der Waals surface area contributed by atoms with Crippen molar-refractivity contribution >= 4 is 5.71 Å². The fourth-order valence-corrected chi connectivity index (χ4v) is 0.898. The monoisotopic (exact) mass is 133 g/mol. The van der Waals surface area contributed by atoms with Gasteiger partial charge in [0.05, 0.1) is 12.1 Å². The van der Waals surface area contributed by atoms with E-state index in [0.29, 0.717) is 0 Å². The average Bonchev–Trinajstić information content (AvgIpc) is 1.88. The topological polar surface area (TPSA) is 36.1 Å². The minimum absolute atomic E-state index is 0.0509. The molecular weight excluding hydrogens is 124 g/mol. The predicted molar refractivity (Wildman–Crippen MR) is 40.6 cm³/mol. The second kappa shape index (κ2) is 2.66. The third-order valence-corrected chi connectivity index (χ3v) is 1.48. The minimum atomic E-state index is 0.0509. The normalized spacial score (nSPS) is 25.7. The van der Waals surface area contributed by atoms with Gasteiger partial charge >= 0.3 is 0 Å². The average molecular weight is 133 g/mol. The van der Waals surface area contributed by atoms with E-state index in [1.807, 2.05) is 26.0 Å². The molecule has 0 aromatic rings. The Hall–Kier alpha value is -1.10. The number of nitrogens with zero attached hydrogens (tertiary/aromatic N) is 2. The summed E-state index contributed by atoms with van der Waals surface area (Å²) in [5.41, 5.74) is 0.992. The summed E-state index contributed by atoms with van der Waals surface area (Å²) in [6, 6.07) is 2.15. The van der Waals surface area contributed by atoms with E-state index in [1.54, 1.807) is 0 Å². The van der Waals surface area contributed by atoms with E-state index in [0.717, 1.165) is 11.6 Å². The van der Waals surface area contributed by atoms with Gasteiger partial charge in [0.2, 0.25) is 0 Å². The van der Waals surface area contributed by atoms with Crippen LogP contribution in [0, 0.1) is 17.2 Å². The fraction of sp³-hybridized carbons (Fsp3) is 0.375. The summed E-state index contributed by atoms with van der Waals surface area (Å²) in [6.45, 7) is 3.85. The van der Waals surface area contributed by atoms with E-state index >= 15 is 0 Å². The number of allylic oxidation sites excluding steroid dienone is 1. The van der Waals surface area contributed by atoms with Crippen LogP contribution in [0.3, 0.4) is 0 Å². The van der Waals surface area contributed by atoms with Crippen molar-refractivity contribution in [3.63, 3.8) is 0 Å². The molecule has 1 atom stereocenters. The number of nitriles is 1. The molecule has 0 bridgehead atoms. The summed E-state index contributed by atoms with van der Waals surface area (Å²) in [7, 11) is 0. The second-order valence-corrected chi connectivity index (χ2v) is 2.35. The Labute approximate surface area is 60.9 Å².